The van der Waals surface area contributed by atoms with Crippen LogP contribution in [0.3, 0.4) is 0 Å². The molecule has 0 spiro atoms. The van der Waals surface area contributed by atoms with Crippen LogP contribution < -0.4 is 5.69 Å². The van der Waals surface area contributed by atoms with E-state index in [4.69, 9.17) is 26.4 Å². The molecule has 110 valence electrons. The minimum Gasteiger partial charge on any atom is -0.394 e. The van der Waals surface area contributed by atoms with Crippen molar-refractivity contribution in [2.45, 2.75) is 44.2 Å². The molecule has 9 heteroatoms. The Morgan fingerprint density at radius 3 is 2.85 bits per heavy atom. The second-order valence-corrected chi connectivity index (χ2v) is 5.64. The summed E-state index contributed by atoms with van der Waals surface area (Å²) in [5.74, 6) is -0.796. The molecule has 0 saturated carbocycles. The van der Waals surface area contributed by atoms with Crippen LogP contribution in [0, 0.1) is 4.64 Å². The van der Waals surface area contributed by atoms with Gasteiger partial charge in [-0.3, -0.25) is 4.98 Å². The van der Waals surface area contributed by atoms with Gasteiger partial charge >= 0.3 is 5.69 Å². The van der Waals surface area contributed by atoms with Gasteiger partial charge in [-0.25, -0.2) is 4.79 Å². The molecule has 2 aliphatic heterocycles. The number of fused-ring (bicyclic) bond motifs is 1. The van der Waals surface area contributed by atoms with E-state index in [2.05, 4.69) is 10.1 Å². The summed E-state index contributed by atoms with van der Waals surface area (Å²) in [5, 5.41) is 13.3. The minimum absolute atomic E-state index is 0.227. The number of H-pyrrole nitrogens is 1. The van der Waals surface area contributed by atoms with Crippen LogP contribution in [0.25, 0.3) is 0 Å². The van der Waals surface area contributed by atoms with E-state index >= 15 is 0 Å². The highest BCUT2D eigenvalue weighted by Crippen LogP contribution is 2.42. The zero-order valence-electron chi connectivity index (χ0n) is 11.0. The van der Waals surface area contributed by atoms with Gasteiger partial charge in [-0.2, -0.15) is 9.78 Å². The second kappa shape index (κ2) is 4.71. The van der Waals surface area contributed by atoms with E-state index in [1.807, 2.05) is 0 Å². The van der Waals surface area contributed by atoms with Crippen LogP contribution >= 0.6 is 12.2 Å². The Morgan fingerprint density at radius 2 is 2.20 bits per heavy atom. The van der Waals surface area contributed by atoms with Gasteiger partial charge in [0.15, 0.2) is 12.0 Å². The smallest absolute Gasteiger partial charge is 0.345 e. The van der Waals surface area contributed by atoms with Crippen LogP contribution in [0.2, 0.25) is 0 Å². The first-order chi connectivity index (χ1) is 9.41. The van der Waals surface area contributed by atoms with Crippen molar-refractivity contribution >= 4 is 12.2 Å². The van der Waals surface area contributed by atoms with E-state index in [-0.39, 0.29) is 11.2 Å². The summed E-state index contributed by atoms with van der Waals surface area (Å²) in [4.78, 5) is 14.4. The molecule has 3 rings (SSSR count). The van der Waals surface area contributed by atoms with Crippen molar-refractivity contribution < 1.29 is 19.3 Å². The topological polar surface area (TPSA) is 98.6 Å². The van der Waals surface area contributed by atoms with Gasteiger partial charge in [0.25, 0.3) is 0 Å². The molecule has 0 radical (unpaired) electrons. The summed E-state index contributed by atoms with van der Waals surface area (Å²) < 4.78 is 18.5. The van der Waals surface area contributed by atoms with Gasteiger partial charge < -0.3 is 19.3 Å². The van der Waals surface area contributed by atoms with Gasteiger partial charge in [-0.15, -0.1) is 0 Å². The Hall–Kier alpha value is -1.13. The number of aliphatic hydroxyl groups excluding tert-OH is 1. The maximum atomic E-state index is 11.9. The predicted octanol–water partition coefficient (Wildman–Crippen LogP) is -0.289. The second-order valence-electron chi connectivity index (χ2n) is 5.20. The quantitative estimate of drug-likeness (QED) is 0.724. The van der Waals surface area contributed by atoms with E-state index in [1.165, 1.54) is 6.20 Å². The van der Waals surface area contributed by atoms with Crippen LogP contribution in [0.1, 0.15) is 20.1 Å². The Labute approximate surface area is 119 Å². The number of rotatable bonds is 2. The zero-order valence-corrected chi connectivity index (χ0v) is 11.8. The predicted molar refractivity (Wildman–Crippen MR) is 68.5 cm³/mol. The molecule has 0 amide bonds. The summed E-state index contributed by atoms with van der Waals surface area (Å²) in [6, 6.07) is 0. The van der Waals surface area contributed by atoms with Gasteiger partial charge in [0.1, 0.15) is 23.0 Å². The Balaban J connectivity index is 1.98. The molecular weight excluding hydrogens is 286 g/mol. The lowest BCUT2D eigenvalue weighted by Crippen LogP contribution is -2.36. The van der Waals surface area contributed by atoms with Crippen LogP contribution in [0.15, 0.2) is 11.0 Å². The van der Waals surface area contributed by atoms with Crippen LogP contribution in [-0.2, 0) is 14.2 Å². The molecule has 1 aromatic heterocycles. The monoisotopic (exact) mass is 301 g/mol. The van der Waals surface area contributed by atoms with E-state index < -0.39 is 36.0 Å². The van der Waals surface area contributed by atoms with E-state index in [0.29, 0.717) is 0 Å². The average Bonchev–Trinajstić information content (AvgIpc) is 2.83. The van der Waals surface area contributed by atoms with Crippen LogP contribution in [-0.4, -0.2) is 50.6 Å². The van der Waals surface area contributed by atoms with Crippen molar-refractivity contribution in [1.82, 2.24) is 14.8 Å². The lowest BCUT2D eigenvalue weighted by atomic mass is 10.1. The largest absolute Gasteiger partial charge is 0.394 e. The van der Waals surface area contributed by atoms with Crippen LogP contribution in [0.4, 0.5) is 0 Å². The molecule has 0 aromatic carbocycles. The lowest BCUT2D eigenvalue weighted by molar-refractivity contribution is -0.202. The van der Waals surface area contributed by atoms with E-state index in [1.54, 1.807) is 13.8 Å². The summed E-state index contributed by atoms with van der Waals surface area (Å²) in [6.07, 6.45) is -0.946. The first kappa shape index (κ1) is 13.8. The van der Waals surface area contributed by atoms with Crippen molar-refractivity contribution in [2.75, 3.05) is 6.61 Å². The van der Waals surface area contributed by atoms with Crippen molar-refractivity contribution in [3.8, 4) is 0 Å². The average molecular weight is 301 g/mol. The number of hydrogen-bond donors (Lipinski definition) is 2. The molecule has 8 nitrogen and oxygen atoms in total. The summed E-state index contributed by atoms with van der Waals surface area (Å²) in [5.41, 5.74) is -0.492. The molecule has 0 unspecified atom stereocenters. The summed E-state index contributed by atoms with van der Waals surface area (Å²) >= 11 is 4.84. The SMILES string of the molecule is CC1(C)O[C@@H]2[C@@H](O1)[C@@H](n1ncc(=S)[nH]c1=O)O[C@@H]2CO. The molecule has 1 aromatic rings. The molecule has 0 aliphatic carbocycles. The highest BCUT2D eigenvalue weighted by molar-refractivity contribution is 7.71. The standard InChI is InChI=1S/C11H15N3O5S/c1-11(2)18-7-5(4-15)17-9(8(7)19-11)14-10(16)13-6(20)3-12-14/h3,5,7-9,15H,4H2,1-2H3,(H,13,16,20)/t5-,7+,8-,9+/m1/s1. The molecule has 0 bridgehead atoms. The fraction of sp³-hybridized carbons (Fsp3) is 0.727. The third kappa shape index (κ3) is 2.21. The van der Waals surface area contributed by atoms with Gasteiger partial charge in [-0.05, 0) is 13.8 Å². The van der Waals surface area contributed by atoms with Crippen molar-refractivity contribution in [1.29, 1.82) is 0 Å². The summed E-state index contributed by atoms with van der Waals surface area (Å²) in [6.45, 7) is 3.31. The molecule has 3 heterocycles. The summed E-state index contributed by atoms with van der Waals surface area (Å²) in [7, 11) is 0. The van der Waals surface area contributed by atoms with Gasteiger partial charge in [0.05, 0.1) is 12.8 Å². The van der Waals surface area contributed by atoms with Crippen molar-refractivity contribution in [3.05, 3.63) is 21.3 Å². The first-order valence-corrected chi connectivity index (χ1v) is 6.62. The van der Waals surface area contributed by atoms with Gasteiger partial charge in [0.2, 0.25) is 0 Å². The highest BCUT2D eigenvalue weighted by atomic mass is 32.1. The third-order valence-electron chi connectivity index (χ3n) is 3.28. The molecule has 2 aliphatic rings. The third-order valence-corrected chi connectivity index (χ3v) is 3.49. The molecule has 2 saturated heterocycles. The number of nitrogens with one attached hydrogen (secondary N) is 1. The fourth-order valence-electron chi connectivity index (χ4n) is 2.55. The normalized spacial score (nSPS) is 35.1. The molecule has 2 fully saturated rings. The molecular formula is C11H15N3O5S. The fourth-order valence-corrected chi connectivity index (χ4v) is 2.68. The lowest BCUT2D eigenvalue weighted by Gasteiger charge is -2.23. The number of ether oxygens (including phenoxy) is 3. The Kier molecular flexibility index (Phi) is 3.26. The minimum atomic E-state index is -0.796. The van der Waals surface area contributed by atoms with Gasteiger partial charge in [0, 0.05) is 0 Å². The zero-order chi connectivity index (χ0) is 14.5. The first-order valence-electron chi connectivity index (χ1n) is 6.21. The molecule has 2 N–H and O–H groups in total. The number of aromatic amines is 1. The maximum Gasteiger partial charge on any atom is 0.345 e. The maximum absolute atomic E-state index is 11.9. The van der Waals surface area contributed by atoms with Crippen LogP contribution in [0.5, 0.6) is 0 Å². The molecule has 4 atom stereocenters. The van der Waals surface area contributed by atoms with Crippen molar-refractivity contribution in [3.63, 3.8) is 0 Å². The van der Waals surface area contributed by atoms with E-state index in [9.17, 15) is 9.90 Å². The number of hydrogen-bond acceptors (Lipinski definition) is 7. The van der Waals surface area contributed by atoms with E-state index in [0.717, 1.165) is 4.68 Å². The van der Waals surface area contributed by atoms with Gasteiger partial charge in [-0.1, -0.05) is 12.2 Å². The number of aliphatic hydroxyl groups is 1. The highest BCUT2D eigenvalue weighted by Gasteiger charge is 2.56. The Morgan fingerprint density at radius 1 is 1.50 bits per heavy atom. The Bertz CT molecular complexity index is 627. The number of aromatic nitrogens is 3. The number of nitrogens with zero attached hydrogens (tertiary/aromatic N) is 2. The molecule has 20 heavy (non-hydrogen) atoms. The van der Waals surface area contributed by atoms with Crippen molar-refractivity contribution in [2.24, 2.45) is 0 Å².